The molecule has 1 N–H and O–H groups in total. The number of rotatable bonds is 8. The number of nitrogens with one attached hydrogen (secondary N) is 1. The van der Waals surface area contributed by atoms with Gasteiger partial charge in [-0.3, -0.25) is 0 Å². The highest BCUT2D eigenvalue weighted by molar-refractivity contribution is 4.78. The molecule has 0 aromatic heterocycles. The van der Waals surface area contributed by atoms with Crippen molar-refractivity contribution in [1.82, 2.24) is 10.2 Å². The molecule has 1 rings (SSSR count). The maximum atomic E-state index is 5.06. The van der Waals surface area contributed by atoms with Crippen molar-refractivity contribution >= 4 is 0 Å². The maximum absolute atomic E-state index is 5.06. The molecule has 3 heteroatoms. The Morgan fingerprint density at radius 3 is 2.71 bits per heavy atom. The molecule has 3 nitrogen and oxygen atoms in total. The minimum absolute atomic E-state index is 0.760. The fraction of sp³-hybridized carbons (Fsp3) is 1.00. The summed E-state index contributed by atoms with van der Waals surface area (Å²) in [5.74, 6) is 0.863. The second-order valence-corrected chi connectivity index (χ2v) is 5.47. The summed E-state index contributed by atoms with van der Waals surface area (Å²) in [5, 5.41) is 3.72. The normalized spacial score (nSPS) is 25.4. The van der Waals surface area contributed by atoms with Gasteiger partial charge in [0.2, 0.25) is 0 Å². The first kappa shape index (κ1) is 14.9. The summed E-state index contributed by atoms with van der Waals surface area (Å²) in [4.78, 5) is 2.39. The van der Waals surface area contributed by atoms with Crippen LogP contribution in [0.1, 0.15) is 39.0 Å². The van der Waals surface area contributed by atoms with Crippen LogP contribution in [0.15, 0.2) is 0 Å². The minimum Gasteiger partial charge on any atom is -0.385 e. The lowest BCUT2D eigenvalue weighted by Gasteiger charge is -2.30. The summed E-state index contributed by atoms with van der Waals surface area (Å²) in [7, 11) is 3.97. The zero-order valence-electron chi connectivity index (χ0n) is 11.9. The van der Waals surface area contributed by atoms with Gasteiger partial charge in [0.25, 0.3) is 0 Å². The number of nitrogens with zero attached hydrogens (tertiary/aromatic N) is 1. The number of methoxy groups -OCH3 is 1. The van der Waals surface area contributed by atoms with E-state index in [-0.39, 0.29) is 0 Å². The van der Waals surface area contributed by atoms with Crippen LogP contribution in [0, 0.1) is 5.92 Å². The van der Waals surface area contributed by atoms with Crippen molar-refractivity contribution in [3.63, 3.8) is 0 Å². The minimum atomic E-state index is 0.760. The third-order valence-corrected chi connectivity index (χ3v) is 3.90. The Kier molecular flexibility index (Phi) is 7.82. The molecule has 1 fully saturated rings. The summed E-state index contributed by atoms with van der Waals surface area (Å²) >= 11 is 0. The van der Waals surface area contributed by atoms with Gasteiger partial charge in [0.15, 0.2) is 0 Å². The molecule has 17 heavy (non-hydrogen) atoms. The topological polar surface area (TPSA) is 24.5 Å². The van der Waals surface area contributed by atoms with Crippen LogP contribution < -0.4 is 5.32 Å². The predicted octanol–water partition coefficient (Wildman–Crippen LogP) is 2.12. The van der Waals surface area contributed by atoms with Gasteiger partial charge in [-0.2, -0.15) is 0 Å². The Morgan fingerprint density at radius 1 is 1.24 bits per heavy atom. The summed E-state index contributed by atoms with van der Waals surface area (Å²) in [6.07, 6.45) is 6.74. The van der Waals surface area contributed by atoms with E-state index in [1.165, 1.54) is 25.7 Å². The van der Waals surface area contributed by atoms with Gasteiger partial charge in [0.1, 0.15) is 0 Å². The van der Waals surface area contributed by atoms with Crippen LogP contribution in [-0.2, 0) is 4.74 Å². The molecule has 1 aliphatic rings. The van der Waals surface area contributed by atoms with Gasteiger partial charge in [0, 0.05) is 39.4 Å². The van der Waals surface area contributed by atoms with Crippen molar-refractivity contribution in [2.45, 2.75) is 45.1 Å². The van der Waals surface area contributed by atoms with Gasteiger partial charge < -0.3 is 15.0 Å². The highest BCUT2D eigenvalue weighted by atomic mass is 16.5. The zero-order valence-corrected chi connectivity index (χ0v) is 11.9. The molecule has 1 saturated carbocycles. The molecule has 0 saturated heterocycles. The zero-order chi connectivity index (χ0) is 12.5. The first-order valence-electron chi connectivity index (χ1n) is 7.15. The molecular formula is C14H30N2O. The molecule has 0 radical (unpaired) electrons. The molecule has 0 aromatic rings. The Balaban J connectivity index is 2.01. The summed E-state index contributed by atoms with van der Waals surface area (Å²) in [6, 6.07) is 0.760. The Bertz CT molecular complexity index is 187. The standard InChI is InChI=1S/C14H30N2O/c1-13-7-4-5-8-14(13)15-9-11-16(2)10-6-12-17-3/h13-15H,4-12H2,1-3H3. The first-order valence-corrected chi connectivity index (χ1v) is 7.15. The van der Waals surface area contributed by atoms with Crippen molar-refractivity contribution in [1.29, 1.82) is 0 Å². The molecule has 0 bridgehead atoms. The molecule has 0 aromatic carbocycles. The summed E-state index contributed by atoms with van der Waals surface area (Å²) in [5.41, 5.74) is 0. The van der Waals surface area contributed by atoms with E-state index in [9.17, 15) is 0 Å². The highest BCUT2D eigenvalue weighted by Crippen LogP contribution is 2.23. The second-order valence-electron chi connectivity index (χ2n) is 5.47. The third kappa shape index (κ3) is 6.39. The number of hydrogen-bond donors (Lipinski definition) is 1. The quantitative estimate of drug-likeness (QED) is 0.660. The SMILES string of the molecule is COCCCN(C)CCNC1CCCCC1C. The summed E-state index contributed by atoms with van der Waals surface area (Å²) < 4.78 is 5.06. The molecule has 102 valence electrons. The lowest BCUT2D eigenvalue weighted by molar-refractivity contribution is 0.178. The monoisotopic (exact) mass is 242 g/mol. The first-order chi connectivity index (χ1) is 8.24. The predicted molar refractivity (Wildman–Crippen MR) is 73.4 cm³/mol. The molecule has 0 amide bonds. The number of hydrogen-bond acceptors (Lipinski definition) is 3. The molecular weight excluding hydrogens is 212 g/mol. The van der Waals surface area contributed by atoms with Crippen molar-refractivity contribution in [2.24, 2.45) is 5.92 Å². The van der Waals surface area contributed by atoms with Gasteiger partial charge in [-0.1, -0.05) is 19.8 Å². The van der Waals surface area contributed by atoms with Crippen LogP contribution >= 0.6 is 0 Å². The van der Waals surface area contributed by atoms with E-state index in [0.29, 0.717) is 0 Å². The largest absolute Gasteiger partial charge is 0.385 e. The average molecular weight is 242 g/mol. The lowest BCUT2D eigenvalue weighted by Crippen LogP contribution is -2.41. The summed E-state index contributed by atoms with van der Waals surface area (Å²) in [6.45, 7) is 6.66. The Labute approximate surface area is 107 Å². The average Bonchev–Trinajstić information content (AvgIpc) is 2.32. The van der Waals surface area contributed by atoms with Crippen LogP contribution in [0.3, 0.4) is 0 Å². The number of likely N-dealkylation sites (N-methyl/N-ethyl adjacent to an activating group) is 1. The maximum Gasteiger partial charge on any atom is 0.0474 e. The van der Waals surface area contributed by atoms with Gasteiger partial charge in [0.05, 0.1) is 0 Å². The smallest absolute Gasteiger partial charge is 0.0474 e. The van der Waals surface area contributed by atoms with Crippen molar-refractivity contribution in [2.75, 3.05) is 40.4 Å². The van der Waals surface area contributed by atoms with Crippen molar-refractivity contribution in [3.05, 3.63) is 0 Å². The molecule has 0 heterocycles. The fourth-order valence-electron chi connectivity index (χ4n) is 2.65. The highest BCUT2D eigenvalue weighted by Gasteiger charge is 2.20. The van der Waals surface area contributed by atoms with E-state index in [1.807, 2.05) is 0 Å². The van der Waals surface area contributed by atoms with E-state index < -0.39 is 0 Å². The fourth-order valence-corrected chi connectivity index (χ4v) is 2.65. The van der Waals surface area contributed by atoms with Crippen molar-refractivity contribution in [3.8, 4) is 0 Å². The van der Waals surface area contributed by atoms with E-state index >= 15 is 0 Å². The van der Waals surface area contributed by atoms with Crippen molar-refractivity contribution < 1.29 is 4.74 Å². The van der Waals surface area contributed by atoms with E-state index in [4.69, 9.17) is 4.74 Å². The van der Waals surface area contributed by atoms with Gasteiger partial charge in [-0.25, -0.2) is 0 Å². The van der Waals surface area contributed by atoms with E-state index in [1.54, 1.807) is 7.11 Å². The number of ether oxygens (including phenoxy) is 1. The molecule has 2 unspecified atom stereocenters. The van der Waals surface area contributed by atoms with Crippen LogP contribution in [0.4, 0.5) is 0 Å². The van der Waals surface area contributed by atoms with E-state index in [0.717, 1.165) is 44.6 Å². The van der Waals surface area contributed by atoms with Gasteiger partial charge in [-0.15, -0.1) is 0 Å². The van der Waals surface area contributed by atoms with Crippen LogP contribution in [0.5, 0.6) is 0 Å². The molecule has 2 atom stereocenters. The van der Waals surface area contributed by atoms with Crippen LogP contribution in [0.2, 0.25) is 0 Å². The molecule has 1 aliphatic carbocycles. The van der Waals surface area contributed by atoms with Crippen LogP contribution in [-0.4, -0.2) is 51.3 Å². The van der Waals surface area contributed by atoms with E-state index in [2.05, 4.69) is 24.2 Å². The second kappa shape index (κ2) is 8.90. The Morgan fingerprint density at radius 2 is 2.00 bits per heavy atom. The van der Waals surface area contributed by atoms with Crippen LogP contribution in [0.25, 0.3) is 0 Å². The van der Waals surface area contributed by atoms with Gasteiger partial charge in [-0.05, 0) is 32.2 Å². The molecule has 0 spiro atoms. The Hall–Kier alpha value is -0.120. The van der Waals surface area contributed by atoms with Gasteiger partial charge >= 0.3 is 0 Å². The molecule has 0 aliphatic heterocycles. The third-order valence-electron chi connectivity index (χ3n) is 3.90. The lowest BCUT2D eigenvalue weighted by atomic mass is 9.86.